The number of nitrogens with one attached hydrogen (secondary N) is 2. The maximum absolute atomic E-state index is 12.9. The van der Waals surface area contributed by atoms with Gasteiger partial charge in [-0.1, -0.05) is 23.7 Å². The number of aryl methyl sites for hydroxylation is 1. The molecule has 1 aliphatic heterocycles. The Balaban J connectivity index is 1.50. The second-order valence-corrected chi connectivity index (χ2v) is 7.82. The van der Waals surface area contributed by atoms with Gasteiger partial charge in [-0.2, -0.15) is 4.98 Å². The Hall–Kier alpha value is -1.99. The first-order valence-electron chi connectivity index (χ1n) is 9.62. The molecule has 0 amide bonds. The second-order valence-electron chi connectivity index (χ2n) is 7.02. The summed E-state index contributed by atoms with van der Waals surface area (Å²) in [6.07, 6.45) is 5.27. The van der Waals surface area contributed by atoms with Crippen molar-refractivity contribution in [1.82, 2.24) is 15.3 Å². The summed E-state index contributed by atoms with van der Waals surface area (Å²) in [4.78, 5) is 11.1. The van der Waals surface area contributed by atoms with Gasteiger partial charge in [0.1, 0.15) is 16.8 Å². The lowest BCUT2D eigenvalue weighted by Crippen LogP contribution is -2.38. The molecule has 3 rings (SSSR count). The van der Waals surface area contributed by atoms with E-state index in [1.807, 2.05) is 0 Å². The largest absolute Gasteiger partial charge is 0.362 e. The first kappa shape index (κ1) is 20.7. The minimum absolute atomic E-state index is 0.216. The molecule has 2 heterocycles. The number of thiocarbonyl (C=S) groups is 1. The lowest BCUT2D eigenvalue weighted by atomic mass is 10.0. The van der Waals surface area contributed by atoms with Gasteiger partial charge in [0, 0.05) is 25.2 Å². The minimum atomic E-state index is -0.216. The Morgan fingerprint density at radius 1 is 1.29 bits per heavy atom. The van der Waals surface area contributed by atoms with E-state index in [4.69, 9.17) is 23.8 Å². The summed E-state index contributed by atoms with van der Waals surface area (Å²) in [5.74, 6) is 1.01. The molecule has 8 heteroatoms. The second kappa shape index (κ2) is 9.98. The summed E-state index contributed by atoms with van der Waals surface area (Å²) in [5.41, 5.74) is 1.10. The third-order valence-corrected chi connectivity index (χ3v) is 5.29. The van der Waals surface area contributed by atoms with E-state index in [0.717, 1.165) is 43.6 Å². The zero-order valence-electron chi connectivity index (χ0n) is 15.9. The third-order valence-electron chi connectivity index (χ3n) is 4.84. The molecule has 1 aliphatic rings. The highest BCUT2D eigenvalue weighted by molar-refractivity contribution is 7.80. The molecule has 1 aromatic heterocycles. The van der Waals surface area contributed by atoms with E-state index in [0.29, 0.717) is 28.8 Å². The van der Waals surface area contributed by atoms with Crippen LogP contribution < -0.4 is 15.5 Å². The highest BCUT2D eigenvalue weighted by Crippen LogP contribution is 2.25. The lowest BCUT2D eigenvalue weighted by Gasteiger charge is -2.34. The van der Waals surface area contributed by atoms with Crippen LogP contribution in [0.5, 0.6) is 0 Å². The standard InChI is InChI=1S/C20H25ClFN5S/c1-14-5-2-3-12-27(14)18-13-17(21)24-19(25-18)26-20(28)23-11-4-6-15-7-9-16(22)10-8-15/h7-10,13-14H,2-6,11-12H2,1H3,(H2,23,24,25,26,28)/t14-/m1/s1. The third kappa shape index (κ3) is 6.01. The smallest absolute Gasteiger partial charge is 0.232 e. The van der Waals surface area contributed by atoms with Crippen LogP contribution in [0.2, 0.25) is 5.15 Å². The molecule has 2 N–H and O–H groups in total. The number of rotatable bonds is 6. The van der Waals surface area contributed by atoms with Crippen molar-refractivity contribution in [2.75, 3.05) is 23.3 Å². The molecule has 2 aromatic rings. The summed E-state index contributed by atoms with van der Waals surface area (Å²) >= 11 is 11.5. The lowest BCUT2D eigenvalue weighted by molar-refractivity contribution is 0.481. The van der Waals surface area contributed by atoms with Crippen molar-refractivity contribution in [3.63, 3.8) is 0 Å². The van der Waals surface area contributed by atoms with Crippen molar-refractivity contribution in [2.45, 2.75) is 45.1 Å². The van der Waals surface area contributed by atoms with Gasteiger partial charge in [0.2, 0.25) is 5.95 Å². The van der Waals surface area contributed by atoms with Gasteiger partial charge < -0.3 is 15.5 Å². The fourth-order valence-electron chi connectivity index (χ4n) is 3.34. The quantitative estimate of drug-likeness (QED) is 0.405. The Bertz CT molecular complexity index is 802. The maximum atomic E-state index is 12.9. The fourth-order valence-corrected chi connectivity index (χ4v) is 3.71. The Labute approximate surface area is 175 Å². The van der Waals surface area contributed by atoms with E-state index in [2.05, 4.69) is 32.4 Å². The van der Waals surface area contributed by atoms with E-state index in [1.165, 1.54) is 18.6 Å². The maximum Gasteiger partial charge on any atom is 0.232 e. The van der Waals surface area contributed by atoms with Gasteiger partial charge in [-0.3, -0.25) is 0 Å². The SMILES string of the molecule is C[C@@H]1CCCCN1c1cc(Cl)nc(NC(=S)NCCCc2ccc(F)cc2)n1. The predicted octanol–water partition coefficient (Wildman–Crippen LogP) is 4.57. The topological polar surface area (TPSA) is 53.1 Å². The normalized spacial score (nSPS) is 16.7. The minimum Gasteiger partial charge on any atom is -0.362 e. The van der Waals surface area contributed by atoms with Crippen LogP contribution >= 0.6 is 23.8 Å². The Morgan fingerprint density at radius 2 is 2.07 bits per heavy atom. The number of piperidine rings is 1. The molecule has 0 spiro atoms. The Morgan fingerprint density at radius 3 is 2.82 bits per heavy atom. The molecular weight excluding hydrogens is 397 g/mol. The average molecular weight is 422 g/mol. The summed E-state index contributed by atoms with van der Waals surface area (Å²) in [6.45, 7) is 3.87. The van der Waals surface area contributed by atoms with Gasteiger partial charge in [0.15, 0.2) is 5.11 Å². The van der Waals surface area contributed by atoms with Crippen LogP contribution in [-0.2, 0) is 6.42 Å². The molecule has 28 heavy (non-hydrogen) atoms. The number of anilines is 2. The number of aromatic nitrogens is 2. The van der Waals surface area contributed by atoms with Gasteiger partial charge in [0.05, 0.1) is 0 Å². The molecule has 1 atom stereocenters. The van der Waals surface area contributed by atoms with Gasteiger partial charge in [-0.05, 0) is 68.9 Å². The van der Waals surface area contributed by atoms with Crippen molar-refractivity contribution < 1.29 is 4.39 Å². The van der Waals surface area contributed by atoms with Crippen LogP contribution in [0.25, 0.3) is 0 Å². The number of benzene rings is 1. The molecule has 0 saturated carbocycles. The number of halogens is 2. The van der Waals surface area contributed by atoms with Crippen molar-refractivity contribution in [1.29, 1.82) is 0 Å². The molecular formula is C20H25ClFN5S. The van der Waals surface area contributed by atoms with Crippen LogP contribution in [0.3, 0.4) is 0 Å². The van der Waals surface area contributed by atoms with E-state index in [9.17, 15) is 4.39 Å². The van der Waals surface area contributed by atoms with E-state index >= 15 is 0 Å². The first-order valence-corrected chi connectivity index (χ1v) is 10.4. The summed E-state index contributed by atoms with van der Waals surface area (Å²) < 4.78 is 12.9. The molecule has 150 valence electrons. The monoisotopic (exact) mass is 421 g/mol. The number of nitrogens with zero attached hydrogens (tertiary/aromatic N) is 3. The van der Waals surface area contributed by atoms with Crippen LogP contribution in [0, 0.1) is 5.82 Å². The zero-order chi connectivity index (χ0) is 19.9. The van der Waals surface area contributed by atoms with Crippen molar-refractivity contribution in [3.8, 4) is 0 Å². The molecule has 0 aliphatic carbocycles. The molecule has 1 saturated heterocycles. The van der Waals surface area contributed by atoms with Crippen LogP contribution in [0.15, 0.2) is 30.3 Å². The van der Waals surface area contributed by atoms with Crippen LogP contribution in [-0.4, -0.2) is 34.2 Å². The fraction of sp³-hybridized carbons (Fsp3) is 0.450. The highest BCUT2D eigenvalue weighted by Gasteiger charge is 2.20. The van der Waals surface area contributed by atoms with Gasteiger partial charge in [-0.15, -0.1) is 0 Å². The molecule has 1 aromatic carbocycles. The zero-order valence-corrected chi connectivity index (χ0v) is 17.5. The molecule has 0 unspecified atom stereocenters. The highest BCUT2D eigenvalue weighted by atomic mass is 35.5. The average Bonchev–Trinajstić information content (AvgIpc) is 2.66. The van der Waals surface area contributed by atoms with E-state index in [1.54, 1.807) is 18.2 Å². The summed E-state index contributed by atoms with van der Waals surface area (Å²) in [6, 6.07) is 8.79. The van der Waals surface area contributed by atoms with Crippen molar-refractivity contribution in [3.05, 3.63) is 46.9 Å². The van der Waals surface area contributed by atoms with E-state index in [-0.39, 0.29) is 5.82 Å². The van der Waals surface area contributed by atoms with Gasteiger partial charge >= 0.3 is 0 Å². The molecule has 0 radical (unpaired) electrons. The van der Waals surface area contributed by atoms with E-state index < -0.39 is 0 Å². The molecule has 1 fully saturated rings. The molecule has 0 bridgehead atoms. The van der Waals surface area contributed by atoms with Gasteiger partial charge in [-0.25, -0.2) is 9.37 Å². The van der Waals surface area contributed by atoms with Crippen molar-refractivity contribution in [2.24, 2.45) is 0 Å². The first-order chi connectivity index (χ1) is 13.5. The van der Waals surface area contributed by atoms with Crippen LogP contribution in [0.4, 0.5) is 16.2 Å². The Kier molecular flexibility index (Phi) is 7.39. The number of hydrogen-bond acceptors (Lipinski definition) is 4. The van der Waals surface area contributed by atoms with Crippen molar-refractivity contribution >= 4 is 40.7 Å². The molecule has 5 nitrogen and oxygen atoms in total. The summed E-state index contributed by atoms with van der Waals surface area (Å²) in [7, 11) is 0. The number of hydrogen-bond donors (Lipinski definition) is 2. The van der Waals surface area contributed by atoms with Gasteiger partial charge in [0.25, 0.3) is 0 Å². The predicted molar refractivity (Wildman–Crippen MR) is 117 cm³/mol. The van der Waals surface area contributed by atoms with Crippen LogP contribution in [0.1, 0.15) is 38.2 Å². The summed E-state index contributed by atoms with van der Waals surface area (Å²) in [5, 5.41) is 7.02.